The van der Waals surface area contributed by atoms with Crippen molar-refractivity contribution in [2.45, 2.75) is 33.0 Å². The largest absolute Gasteiger partial charge is 0.348 e. The summed E-state index contributed by atoms with van der Waals surface area (Å²) in [7, 11) is 2.03. The molecule has 0 aliphatic rings. The molecule has 35 heavy (non-hydrogen) atoms. The van der Waals surface area contributed by atoms with Crippen LogP contribution in [0.2, 0.25) is 0 Å². The number of nitrogens with two attached hydrogens (primary N) is 1. The van der Waals surface area contributed by atoms with Gasteiger partial charge in [-0.3, -0.25) is 4.79 Å². The van der Waals surface area contributed by atoms with E-state index in [9.17, 15) is 9.18 Å². The van der Waals surface area contributed by atoms with Crippen LogP contribution in [0.1, 0.15) is 41.4 Å². The fraction of sp³-hybridized carbons (Fsp3) is 0.296. The molecule has 0 aliphatic carbocycles. The molecule has 7 nitrogen and oxygen atoms in total. The van der Waals surface area contributed by atoms with E-state index in [-0.39, 0.29) is 24.3 Å². The monoisotopic (exact) mass is 474 g/mol. The number of fused-ring (bicyclic) bond motifs is 1. The number of likely N-dealkylation sites (N-methyl/N-ethyl adjacent to an activating group) is 1. The molecule has 0 unspecified atom stereocenters. The Bertz CT molecular complexity index is 1330. The van der Waals surface area contributed by atoms with Gasteiger partial charge in [-0.15, -0.1) is 0 Å². The summed E-state index contributed by atoms with van der Waals surface area (Å²) in [5.41, 5.74) is 10.3. The molecule has 4 rings (SSSR count). The topological polar surface area (TPSA) is 89.1 Å². The van der Waals surface area contributed by atoms with Crippen molar-refractivity contribution >= 4 is 16.9 Å². The molecule has 2 heterocycles. The molecule has 3 N–H and O–H groups in total. The third kappa shape index (κ3) is 5.72. The Hall–Kier alpha value is -3.62. The number of amides is 1. The molecular weight excluding hydrogens is 443 g/mol. The number of benzene rings is 2. The van der Waals surface area contributed by atoms with Crippen LogP contribution in [0.3, 0.4) is 0 Å². The maximum Gasteiger partial charge on any atom is 0.252 e. The Balaban J connectivity index is 1.71. The number of nitrogens with zero attached hydrogens (tertiary/aromatic N) is 4. The van der Waals surface area contributed by atoms with E-state index in [1.807, 2.05) is 37.7 Å². The van der Waals surface area contributed by atoms with E-state index in [1.165, 1.54) is 12.1 Å². The molecule has 2 aromatic carbocycles. The third-order valence-electron chi connectivity index (χ3n) is 5.83. The highest BCUT2D eigenvalue weighted by molar-refractivity contribution is 6.06. The van der Waals surface area contributed by atoms with Crippen LogP contribution in [0.4, 0.5) is 4.39 Å². The smallest absolute Gasteiger partial charge is 0.252 e. The lowest BCUT2D eigenvalue weighted by Gasteiger charge is -2.16. The molecule has 0 spiro atoms. The summed E-state index contributed by atoms with van der Waals surface area (Å²) in [5.74, 6) is -0.592. The van der Waals surface area contributed by atoms with Gasteiger partial charge in [0.25, 0.3) is 5.91 Å². The maximum absolute atomic E-state index is 13.6. The fourth-order valence-electron chi connectivity index (χ4n) is 4.10. The first-order valence-electron chi connectivity index (χ1n) is 11.7. The van der Waals surface area contributed by atoms with Gasteiger partial charge in [-0.25, -0.2) is 14.1 Å². The number of carbonyl (C=O) groups excluding carboxylic acids is 1. The van der Waals surface area contributed by atoms with E-state index in [4.69, 9.17) is 10.7 Å². The Kier molecular flexibility index (Phi) is 7.53. The van der Waals surface area contributed by atoms with Crippen LogP contribution in [0, 0.1) is 5.82 Å². The zero-order valence-electron chi connectivity index (χ0n) is 20.3. The lowest BCUT2D eigenvalue weighted by Crippen LogP contribution is -2.24. The second-order valence-electron chi connectivity index (χ2n) is 9.01. The van der Waals surface area contributed by atoms with E-state index in [1.54, 1.807) is 24.4 Å². The van der Waals surface area contributed by atoms with E-state index in [0.29, 0.717) is 34.4 Å². The number of hydrogen-bond acceptors (Lipinski definition) is 5. The first-order chi connectivity index (χ1) is 16.9. The molecule has 182 valence electrons. The van der Waals surface area contributed by atoms with Gasteiger partial charge >= 0.3 is 0 Å². The number of aromatic nitrogens is 3. The van der Waals surface area contributed by atoms with Crippen molar-refractivity contribution in [1.29, 1.82) is 0 Å². The summed E-state index contributed by atoms with van der Waals surface area (Å²) in [5, 5.41) is 8.08. The summed E-state index contributed by atoms with van der Waals surface area (Å²) < 4.78 is 15.4. The van der Waals surface area contributed by atoms with Crippen LogP contribution >= 0.6 is 0 Å². The highest BCUT2D eigenvalue weighted by Crippen LogP contribution is 2.27. The van der Waals surface area contributed by atoms with Crippen molar-refractivity contribution in [3.63, 3.8) is 0 Å². The first-order valence-corrected chi connectivity index (χ1v) is 11.7. The van der Waals surface area contributed by atoms with Crippen molar-refractivity contribution < 1.29 is 9.18 Å². The second-order valence-corrected chi connectivity index (χ2v) is 9.01. The van der Waals surface area contributed by atoms with E-state index < -0.39 is 0 Å². The van der Waals surface area contributed by atoms with Crippen LogP contribution in [-0.4, -0.2) is 45.7 Å². The van der Waals surface area contributed by atoms with E-state index >= 15 is 0 Å². The predicted molar refractivity (Wildman–Crippen MR) is 136 cm³/mol. The molecule has 4 aromatic rings. The van der Waals surface area contributed by atoms with Gasteiger partial charge in [0.05, 0.1) is 22.8 Å². The van der Waals surface area contributed by atoms with Crippen molar-refractivity contribution in [3.05, 3.63) is 83.3 Å². The van der Waals surface area contributed by atoms with Crippen LogP contribution < -0.4 is 11.1 Å². The van der Waals surface area contributed by atoms with Crippen LogP contribution in [0.5, 0.6) is 0 Å². The van der Waals surface area contributed by atoms with Gasteiger partial charge < -0.3 is 16.0 Å². The molecule has 1 amide bonds. The lowest BCUT2D eigenvalue weighted by molar-refractivity contribution is 0.0952. The Morgan fingerprint density at radius 1 is 1.14 bits per heavy atom. The molecule has 0 atom stereocenters. The molecule has 0 aliphatic heterocycles. The lowest BCUT2D eigenvalue weighted by atomic mass is 10.0. The van der Waals surface area contributed by atoms with Crippen LogP contribution in [-0.2, 0) is 13.1 Å². The van der Waals surface area contributed by atoms with Crippen molar-refractivity contribution in [1.82, 2.24) is 25.0 Å². The average molecular weight is 475 g/mol. The molecule has 0 saturated carbocycles. The zero-order chi connectivity index (χ0) is 24.9. The number of hydrogen-bond donors (Lipinski definition) is 2. The Morgan fingerprint density at radius 2 is 1.91 bits per heavy atom. The van der Waals surface area contributed by atoms with Gasteiger partial charge in [0.2, 0.25) is 0 Å². The van der Waals surface area contributed by atoms with Crippen molar-refractivity contribution in [3.8, 4) is 11.3 Å². The summed E-state index contributed by atoms with van der Waals surface area (Å²) >= 11 is 0. The van der Waals surface area contributed by atoms with Gasteiger partial charge in [0.1, 0.15) is 5.82 Å². The van der Waals surface area contributed by atoms with Crippen molar-refractivity contribution in [2.75, 3.05) is 20.1 Å². The van der Waals surface area contributed by atoms with Gasteiger partial charge in [0, 0.05) is 37.8 Å². The highest BCUT2D eigenvalue weighted by atomic mass is 19.1. The fourth-order valence-corrected chi connectivity index (χ4v) is 4.10. The van der Waals surface area contributed by atoms with Gasteiger partial charge in [0.15, 0.2) is 5.65 Å². The molecule has 0 radical (unpaired) electrons. The van der Waals surface area contributed by atoms with Gasteiger partial charge in [-0.2, -0.15) is 5.10 Å². The first kappa shape index (κ1) is 24.5. The molecule has 0 saturated heterocycles. The van der Waals surface area contributed by atoms with E-state index in [2.05, 4.69) is 27.4 Å². The standard InChI is InChI=1S/C27H31FN6O/c1-18(2)34-26-24(16-31-34)23(27(35)30-15-19-6-5-9-22(28)13-19)14-25(32-26)21-8-4-7-20(12-21)17-33(3)11-10-29/h4-9,12-14,16,18H,10-11,15,17,29H2,1-3H3,(H,30,35). The minimum atomic E-state index is -0.333. The van der Waals surface area contributed by atoms with Crippen molar-refractivity contribution in [2.24, 2.45) is 5.73 Å². The highest BCUT2D eigenvalue weighted by Gasteiger charge is 2.19. The van der Waals surface area contributed by atoms with E-state index in [0.717, 1.165) is 24.2 Å². The zero-order valence-corrected chi connectivity index (χ0v) is 20.3. The molecule has 0 bridgehead atoms. The second kappa shape index (κ2) is 10.8. The summed E-state index contributed by atoms with van der Waals surface area (Å²) in [6, 6.07) is 16.2. The maximum atomic E-state index is 13.6. The molecule has 8 heteroatoms. The molecule has 2 aromatic heterocycles. The summed E-state index contributed by atoms with van der Waals surface area (Å²) in [4.78, 5) is 20.3. The van der Waals surface area contributed by atoms with Crippen LogP contribution in [0.25, 0.3) is 22.3 Å². The van der Waals surface area contributed by atoms with Crippen LogP contribution in [0.15, 0.2) is 60.8 Å². The average Bonchev–Trinajstić information content (AvgIpc) is 3.27. The number of carbonyl (C=O) groups is 1. The SMILES string of the molecule is CC(C)n1ncc2c(C(=O)NCc3cccc(F)c3)cc(-c3cccc(CN(C)CCN)c3)nc21. The number of halogens is 1. The Morgan fingerprint density at radius 3 is 2.66 bits per heavy atom. The minimum Gasteiger partial charge on any atom is -0.348 e. The normalized spacial score (nSPS) is 11.5. The summed E-state index contributed by atoms with van der Waals surface area (Å²) in [6.45, 7) is 6.44. The number of nitrogens with one attached hydrogen (secondary N) is 1. The summed E-state index contributed by atoms with van der Waals surface area (Å²) in [6.07, 6.45) is 1.68. The Labute approximate surface area is 204 Å². The number of pyridine rings is 1. The number of rotatable bonds is 9. The minimum absolute atomic E-state index is 0.0784. The third-order valence-corrected chi connectivity index (χ3v) is 5.83. The molecule has 0 fully saturated rings. The van der Waals surface area contributed by atoms with Gasteiger partial charge in [-0.05, 0) is 56.3 Å². The predicted octanol–water partition coefficient (Wildman–Crippen LogP) is 4.14. The molecular formula is C27H31FN6O. The van der Waals surface area contributed by atoms with Gasteiger partial charge in [-0.1, -0.05) is 30.3 Å². The quantitative estimate of drug-likeness (QED) is 0.381.